The second-order valence-corrected chi connectivity index (χ2v) is 6.24. The predicted molar refractivity (Wildman–Crippen MR) is 97.7 cm³/mol. The number of anilines is 1. The second-order valence-electron chi connectivity index (χ2n) is 5.38. The van der Waals surface area contributed by atoms with Gasteiger partial charge in [-0.15, -0.1) is 11.3 Å². The van der Waals surface area contributed by atoms with Gasteiger partial charge in [-0.05, 0) is 17.6 Å². The molecule has 0 radical (unpaired) electrons. The van der Waals surface area contributed by atoms with Gasteiger partial charge in [0.1, 0.15) is 6.61 Å². The van der Waals surface area contributed by atoms with E-state index in [1.54, 1.807) is 12.3 Å². The molecule has 0 aliphatic carbocycles. The van der Waals surface area contributed by atoms with E-state index < -0.39 is 5.91 Å². The van der Waals surface area contributed by atoms with Crippen molar-refractivity contribution in [3.8, 4) is 5.88 Å². The van der Waals surface area contributed by atoms with Gasteiger partial charge >= 0.3 is 5.97 Å². The molecule has 1 N–H and O–H groups in total. The van der Waals surface area contributed by atoms with Crippen molar-refractivity contribution >= 4 is 28.3 Å². The molecule has 27 heavy (non-hydrogen) atoms. The summed E-state index contributed by atoms with van der Waals surface area (Å²) < 4.78 is 15.4. The molecule has 0 aliphatic heterocycles. The number of esters is 1. The van der Waals surface area contributed by atoms with Crippen LogP contribution in [0.3, 0.4) is 0 Å². The van der Waals surface area contributed by atoms with Crippen LogP contribution in [0.25, 0.3) is 0 Å². The predicted octanol–water partition coefficient (Wildman–Crippen LogP) is 3.07. The lowest BCUT2D eigenvalue weighted by molar-refractivity contribution is -0.142. The van der Waals surface area contributed by atoms with E-state index >= 15 is 0 Å². The lowest BCUT2D eigenvalue weighted by Gasteiger charge is -2.00. The van der Waals surface area contributed by atoms with Gasteiger partial charge in [0, 0.05) is 5.38 Å². The minimum absolute atomic E-state index is 0.000189. The molecule has 0 unspecified atom stereocenters. The fraction of sp³-hybridized carbons (Fsp3) is 0.222. The smallest absolute Gasteiger partial charge is 0.311 e. The highest BCUT2D eigenvalue weighted by atomic mass is 32.1. The minimum atomic E-state index is -0.505. The summed E-state index contributed by atoms with van der Waals surface area (Å²) in [5.41, 5.74) is 1.50. The third-order valence-corrected chi connectivity index (χ3v) is 4.15. The molecule has 0 aliphatic rings. The van der Waals surface area contributed by atoms with Crippen molar-refractivity contribution in [1.82, 2.24) is 10.1 Å². The first-order valence-electron chi connectivity index (χ1n) is 8.19. The van der Waals surface area contributed by atoms with Crippen molar-refractivity contribution in [2.75, 3.05) is 11.9 Å². The number of aromatic nitrogens is 2. The number of benzene rings is 1. The van der Waals surface area contributed by atoms with Gasteiger partial charge in [-0.25, -0.2) is 4.98 Å². The maximum atomic E-state index is 12.2. The van der Waals surface area contributed by atoms with Gasteiger partial charge in [-0.2, -0.15) is 0 Å². The average molecular weight is 387 g/mol. The van der Waals surface area contributed by atoms with Crippen LogP contribution in [0.15, 0.2) is 46.3 Å². The van der Waals surface area contributed by atoms with Crippen molar-refractivity contribution in [1.29, 1.82) is 0 Å². The first-order valence-corrected chi connectivity index (χ1v) is 9.07. The van der Waals surface area contributed by atoms with E-state index in [2.05, 4.69) is 15.5 Å². The Morgan fingerprint density at radius 3 is 2.85 bits per heavy atom. The molecule has 8 nitrogen and oxygen atoms in total. The van der Waals surface area contributed by atoms with Gasteiger partial charge in [0.15, 0.2) is 5.13 Å². The van der Waals surface area contributed by atoms with Crippen molar-refractivity contribution in [3.05, 3.63) is 58.8 Å². The minimum Gasteiger partial charge on any atom is -0.471 e. The maximum Gasteiger partial charge on any atom is 0.311 e. The van der Waals surface area contributed by atoms with E-state index in [1.165, 1.54) is 17.4 Å². The zero-order valence-corrected chi connectivity index (χ0v) is 15.3. The number of carbonyl (C=O) groups excluding carboxylic acids is 2. The monoisotopic (exact) mass is 387 g/mol. The molecule has 0 spiro atoms. The van der Waals surface area contributed by atoms with Crippen molar-refractivity contribution in [2.45, 2.75) is 20.0 Å². The average Bonchev–Trinajstić information content (AvgIpc) is 3.31. The number of thiazole rings is 1. The molecule has 0 saturated heterocycles. The third-order valence-electron chi connectivity index (χ3n) is 3.34. The Hall–Kier alpha value is -3.20. The fourth-order valence-corrected chi connectivity index (χ4v) is 2.84. The Morgan fingerprint density at radius 1 is 1.26 bits per heavy atom. The Balaban J connectivity index is 1.53. The fourth-order valence-electron chi connectivity index (χ4n) is 2.13. The van der Waals surface area contributed by atoms with E-state index in [4.69, 9.17) is 14.0 Å². The van der Waals surface area contributed by atoms with Gasteiger partial charge in [-0.3, -0.25) is 14.9 Å². The molecule has 0 atom stereocenters. The molecular weight excluding hydrogens is 370 g/mol. The first-order chi connectivity index (χ1) is 13.1. The summed E-state index contributed by atoms with van der Waals surface area (Å²) in [6.45, 7) is 2.37. The van der Waals surface area contributed by atoms with E-state index in [-0.39, 0.29) is 24.0 Å². The molecule has 1 aromatic carbocycles. The standard InChI is InChI=1S/C18H17N3O5S/c1-2-24-16(22)8-13-11-27-18(19-13)20-17(23)14-9-15(21-26-14)25-10-12-6-4-3-5-7-12/h3-7,9,11H,2,8,10H2,1H3,(H,19,20,23). The second kappa shape index (κ2) is 8.95. The van der Waals surface area contributed by atoms with Crippen LogP contribution in [0.1, 0.15) is 28.7 Å². The van der Waals surface area contributed by atoms with E-state index in [0.29, 0.717) is 24.0 Å². The van der Waals surface area contributed by atoms with Crippen LogP contribution in [-0.4, -0.2) is 28.6 Å². The molecule has 0 bridgehead atoms. The number of carbonyl (C=O) groups is 2. The number of hydrogen-bond donors (Lipinski definition) is 1. The molecule has 2 heterocycles. The zero-order valence-electron chi connectivity index (χ0n) is 14.5. The van der Waals surface area contributed by atoms with E-state index in [1.807, 2.05) is 30.3 Å². The van der Waals surface area contributed by atoms with Crippen molar-refractivity contribution in [2.24, 2.45) is 0 Å². The molecule has 3 rings (SSSR count). The molecule has 0 fully saturated rings. The SMILES string of the molecule is CCOC(=O)Cc1csc(NC(=O)c2cc(OCc3ccccc3)no2)n1. The van der Waals surface area contributed by atoms with Gasteiger partial charge in [-0.1, -0.05) is 30.3 Å². The first kappa shape index (κ1) is 18.6. The summed E-state index contributed by atoms with van der Waals surface area (Å²) in [7, 11) is 0. The molecule has 3 aromatic rings. The summed E-state index contributed by atoms with van der Waals surface area (Å²) in [4.78, 5) is 27.8. The maximum absolute atomic E-state index is 12.2. The summed E-state index contributed by atoms with van der Waals surface area (Å²) in [5.74, 6) is -0.656. The number of nitrogens with one attached hydrogen (secondary N) is 1. The molecule has 9 heteroatoms. The van der Waals surface area contributed by atoms with Crippen LogP contribution in [-0.2, 0) is 22.6 Å². The molecule has 0 saturated carbocycles. The Bertz CT molecular complexity index is 907. The van der Waals surface area contributed by atoms with Crippen LogP contribution in [0.4, 0.5) is 5.13 Å². The Labute approximate surface area is 159 Å². The zero-order chi connectivity index (χ0) is 19.1. The van der Waals surface area contributed by atoms with Crippen LogP contribution in [0.2, 0.25) is 0 Å². The van der Waals surface area contributed by atoms with Gasteiger partial charge < -0.3 is 14.0 Å². The van der Waals surface area contributed by atoms with Crippen molar-refractivity contribution in [3.63, 3.8) is 0 Å². The number of ether oxygens (including phenoxy) is 2. The largest absolute Gasteiger partial charge is 0.471 e. The number of amides is 1. The third kappa shape index (κ3) is 5.38. The summed E-state index contributed by atoms with van der Waals surface area (Å²) in [6, 6.07) is 11.0. The highest BCUT2D eigenvalue weighted by Gasteiger charge is 2.16. The summed E-state index contributed by atoms with van der Waals surface area (Å²) >= 11 is 1.20. The van der Waals surface area contributed by atoms with Gasteiger partial charge in [0.25, 0.3) is 11.8 Å². The Morgan fingerprint density at radius 2 is 2.07 bits per heavy atom. The number of rotatable bonds is 8. The lowest BCUT2D eigenvalue weighted by Crippen LogP contribution is -2.11. The highest BCUT2D eigenvalue weighted by Crippen LogP contribution is 2.19. The number of nitrogens with zero attached hydrogens (tertiary/aromatic N) is 2. The molecular formula is C18H17N3O5S. The van der Waals surface area contributed by atoms with Gasteiger partial charge in [0.2, 0.25) is 5.76 Å². The Kier molecular flexibility index (Phi) is 6.16. The van der Waals surface area contributed by atoms with Crippen LogP contribution in [0.5, 0.6) is 5.88 Å². The molecule has 140 valence electrons. The summed E-state index contributed by atoms with van der Waals surface area (Å²) in [6.07, 6.45) is 0.0555. The number of hydrogen-bond acceptors (Lipinski definition) is 8. The van der Waals surface area contributed by atoms with E-state index in [9.17, 15) is 9.59 Å². The van der Waals surface area contributed by atoms with Gasteiger partial charge in [0.05, 0.1) is 24.8 Å². The quantitative estimate of drug-likeness (QED) is 0.592. The van der Waals surface area contributed by atoms with Crippen LogP contribution in [0, 0.1) is 0 Å². The van der Waals surface area contributed by atoms with Crippen LogP contribution >= 0.6 is 11.3 Å². The molecule has 1 amide bonds. The van der Waals surface area contributed by atoms with E-state index in [0.717, 1.165) is 5.56 Å². The topological polar surface area (TPSA) is 104 Å². The normalized spacial score (nSPS) is 10.4. The summed E-state index contributed by atoms with van der Waals surface area (Å²) in [5, 5.41) is 8.35. The van der Waals surface area contributed by atoms with Crippen molar-refractivity contribution < 1.29 is 23.6 Å². The lowest BCUT2D eigenvalue weighted by atomic mass is 10.2. The molecule has 2 aromatic heterocycles. The highest BCUT2D eigenvalue weighted by molar-refractivity contribution is 7.14. The van der Waals surface area contributed by atoms with Crippen LogP contribution < -0.4 is 10.1 Å².